The Morgan fingerprint density at radius 3 is 3.00 bits per heavy atom. The van der Waals surface area contributed by atoms with Gasteiger partial charge < -0.3 is 19.4 Å². The summed E-state index contributed by atoms with van der Waals surface area (Å²) in [6.07, 6.45) is 0.846. The van der Waals surface area contributed by atoms with Crippen LogP contribution in [0.15, 0.2) is 29.4 Å². The number of nitrogens with one attached hydrogen (secondary N) is 1. The highest BCUT2D eigenvalue weighted by atomic mass is 32.2. The molecule has 1 N–H and O–H groups in total. The number of aromatic nitrogens is 2. The lowest BCUT2D eigenvalue weighted by Gasteiger charge is -2.12. The van der Waals surface area contributed by atoms with Crippen LogP contribution in [0.4, 0.5) is 0 Å². The minimum Gasteiger partial charge on any atom is -0.488 e. The van der Waals surface area contributed by atoms with Crippen molar-refractivity contribution < 1.29 is 14.3 Å². The van der Waals surface area contributed by atoms with E-state index in [-0.39, 0.29) is 12.0 Å². The van der Waals surface area contributed by atoms with Gasteiger partial charge in [0.25, 0.3) is 0 Å². The van der Waals surface area contributed by atoms with Crippen LogP contribution < -0.4 is 10.1 Å². The lowest BCUT2D eigenvalue weighted by Crippen LogP contribution is -2.35. The summed E-state index contributed by atoms with van der Waals surface area (Å²) in [5.41, 5.74) is 3.30. The van der Waals surface area contributed by atoms with Crippen LogP contribution in [0, 0.1) is 13.8 Å². The van der Waals surface area contributed by atoms with Crippen molar-refractivity contribution in [3.63, 3.8) is 0 Å². The first-order valence-corrected chi connectivity index (χ1v) is 9.73. The highest BCUT2D eigenvalue weighted by Gasteiger charge is 2.22. The number of methoxy groups -OCH3 is 1. The Kier molecular flexibility index (Phi) is 6.21. The van der Waals surface area contributed by atoms with Crippen LogP contribution in [0.2, 0.25) is 0 Å². The van der Waals surface area contributed by atoms with Gasteiger partial charge >= 0.3 is 0 Å². The number of nitrogens with zero attached hydrogens (tertiary/aromatic N) is 2. The van der Waals surface area contributed by atoms with E-state index in [9.17, 15) is 4.79 Å². The van der Waals surface area contributed by atoms with Crippen LogP contribution >= 0.6 is 11.8 Å². The Balaban J connectivity index is 1.47. The molecule has 7 heteroatoms. The Morgan fingerprint density at radius 2 is 2.23 bits per heavy atom. The van der Waals surface area contributed by atoms with Gasteiger partial charge in [0.1, 0.15) is 11.9 Å². The average molecular weight is 375 g/mol. The number of aryl methyl sites for hydroxylation is 1. The van der Waals surface area contributed by atoms with Crippen molar-refractivity contribution >= 4 is 17.7 Å². The van der Waals surface area contributed by atoms with E-state index in [2.05, 4.69) is 20.9 Å². The summed E-state index contributed by atoms with van der Waals surface area (Å²) in [6, 6.07) is 8.01. The number of carbonyl (C=O) groups excluding carboxylic acids is 1. The molecule has 1 aromatic heterocycles. The summed E-state index contributed by atoms with van der Waals surface area (Å²) >= 11 is 1.45. The van der Waals surface area contributed by atoms with Gasteiger partial charge in [0.15, 0.2) is 5.16 Å². The number of carbonyl (C=O) groups is 1. The largest absolute Gasteiger partial charge is 0.488 e. The predicted molar refractivity (Wildman–Crippen MR) is 102 cm³/mol. The third-order valence-electron chi connectivity index (χ3n) is 4.51. The Bertz CT molecular complexity index is 750. The summed E-state index contributed by atoms with van der Waals surface area (Å²) in [4.78, 5) is 16.8. The Labute approximate surface area is 158 Å². The predicted octanol–water partition coefficient (Wildman–Crippen LogP) is 2.36. The first kappa shape index (κ1) is 18.8. The second-order valence-corrected chi connectivity index (χ2v) is 7.30. The normalized spacial score (nSPS) is 15.6. The van der Waals surface area contributed by atoms with Gasteiger partial charge in [-0.25, -0.2) is 4.98 Å². The SMILES string of the molecule is COCCn1c(SCC(=O)NCC2Cc3ccccc3O2)nc(C)c1C. The summed E-state index contributed by atoms with van der Waals surface area (Å²) in [7, 11) is 1.68. The number of para-hydroxylation sites is 1. The molecule has 0 radical (unpaired) electrons. The van der Waals surface area contributed by atoms with E-state index in [0.717, 1.165) is 35.3 Å². The van der Waals surface area contributed by atoms with Crippen molar-refractivity contribution in [2.45, 2.75) is 38.1 Å². The molecule has 0 bridgehead atoms. The maximum Gasteiger partial charge on any atom is 0.230 e. The van der Waals surface area contributed by atoms with E-state index in [1.54, 1.807) is 7.11 Å². The Morgan fingerprint density at radius 1 is 1.42 bits per heavy atom. The molecule has 1 aliphatic rings. The van der Waals surface area contributed by atoms with Gasteiger partial charge in [-0.1, -0.05) is 30.0 Å². The zero-order chi connectivity index (χ0) is 18.5. The lowest BCUT2D eigenvalue weighted by molar-refractivity contribution is -0.118. The molecule has 1 aliphatic heterocycles. The van der Waals surface area contributed by atoms with Crippen molar-refractivity contribution in [2.24, 2.45) is 0 Å². The number of hydrogen-bond donors (Lipinski definition) is 1. The van der Waals surface area contributed by atoms with Crippen molar-refractivity contribution in [2.75, 3.05) is 26.0 Å². The van der Waals surface area contributed by atoms with E-state index < -0.39 is 0 Å². The van der Waals surface area contributed by atoms with Crippen molar-refractivity contribution in [3.8, 4) is 5.75 Å². The molecule has 0 fully saturated rings. The summed E-state index contributed by atoms with van der Waals surface area (Å²) in [5.74, 6) is 1.25. The summed E-state index contributed by atoms with van der Waals surface area (Å²) in [6.45, 7) is 5.90. The van der Waals surface area contributed by atoms with Crippen molar-refractivity contribution in [1.29, 1.82) is 0 Å². The van der Waals surface area contributed by atoms with E-state index in [4.69, 9.17) is 9.47 Å². The molecule has 2 heterocycles. The molecule has 0 saturated carbocycles. The number of thioether (sulfide) groups is 1. The van der Waals surface area contributed by atoms with Crippen molar-refractivity contribution in [1.82, 2.24) is 14.9 Å². The molecule has 0 saturated heterocycles. The molecule has 0 spiro atoms. The summed E-state index contributed by atoms with van der Waals surface area (Å²) < 4.78 is 13.1. The topological polar surface area (TPSA) is 65.4 Å². The number of fused-ring (bicyclic) bond motifs is 1. The molecule has 140 valence electrons. The molecule has 26 heavy (non-hydrogen) atoms. The highest BCUT2D eigenvalue weighted by Crippen LogP contribution is 2.27. The quantitative estimate of drug-likeness (QED) is 0.718. The fourth-order valence-electron chi connectivity index (χ4n) is 2.96. The first-order chi connectivity index (χ1) is 12.6. The molecule has 1 unspecified atom stereocenters. The minimum absolute atomic E-state index is 0.00819. The van der Waals surface area contributed by atoms with Gasteiger partial charge in [-0.05, 0) is 25.5 Å². The maximum atomic E-state index is 12.2. The molecule has 1 aromatic carbocycles. The first-order valence-electron chi connectivity index (χ1n) is 8.75. The zero-order valence-corrected chi connectivity index (χ0v) is 16.3. The van der Waals surface area contributed by atoms with Crippen LogP contribution in [0.1, 0.15) is 17.0 Å². The average Bonchev–Trinajstić information content (AvgIpc) is 3.17. The van der Waals surface area contributed by atoms with Crippen LogP contribution in [0.5, 0.6) is 5.75 Å². The second-order valence-electron chi connectivity index (χ2n) is 6.35. The highest BCUT2D eigenvalue weighted by molar-refractivity contribution is 7.99. The number of imidazole rings is 1. The van der Waals surface area contributed by atoms with Gasteiger partial charge in [-0.15, -0.1) is 0 Å². The van der Waals surface area contributed by atoms with Gasteiger partial charge in [0.05, 0.1) is 24.6 Å². The van der Waals surface area contributed by atoms with Gasteiger partial charge in [-0.2, -0.15) is 0 Å². The molecular weight excluding hydrogens is 350 g/mol. The zero-order valence-electron chi connectivity index (χ0n) is 15.4. The fraction of sp³-hybridized carbons (Fsp3) is 0.474. The van der Waals surface area contributed by atoms with Crippen LogP contribution in [-0.4, -0.2) is 47.6 Å². The number of ether oxygens (including phenoxy) is 2. The van der Waals surface area contributed by atoms with Crippen LogP contribution in [0.3, 0.4) is 0 Å². The number of hydrogen-bond acceptors (Lipinski definition) is 5. The molecular formula is C19H25N3O3S. The monoisotopic (exact) mass is 375 g/mol. The molecule has 3 rings (SSSR count). The molecule has 1 amide bonds. The van der Waals surface area contributed by atoms with E-state index in [1.807, 2.05) is 32.0 Å². The maximum absolute atomic E-state index is 12.2. The number of amides is 1. The molecule has 0 aliphatic carbocycles. The lowest BCUT2D eigenvalue weighted by atomic mass is 10.1. The fourth-order valence-corrected chi connectivity index (χ4v) is 3.90. The second kappa shape index (κ2) is 8.60. The third kappa shape index (κ3) is 4.40. The standard InChI is InChI=1S/C19H25N3O3S/c1-13-14(2)22(8-9-24-3)19(21-13)26-12-18(23)20-11-16-10-15-6-4-5-7-17(15)25-16/h4-7,16H,8-12H2,1-3H3,(H,20,23). The number of benzene rings is 1. The minimum atomic E-state index is -0.00819. The van der Waals surface area contributed by atoms with Crippen LogP contribution in [-0.2, 0) is 22.5 Å². The van der Waals surface area contributed by atoms with Gasteiger partial charge in [0.2, 0.25) is 5.91 Å². The van der Waals surface area contributed by atoms with E-state index >= 15 is 0 Å². The summed E-state index contributed by atoms with van der Waals surface area (Å²) in [5, 5.41) is 3.83. The molecule has 1 atom stereocenters. The molecule has 2 aromatic rings. The van der Waals surface area contributed by atoms with Crippen LogP contribution in [0.25, 0.3) is 0 Å². The molecule has 6 nitrogen and oxygen atoms in total. The van der Waals surface area contributed by atoms with Gasteiger partial charge in [0, 0.05) is 25.8 Å². The van der Waals surface area contributed by atoms with E-state index in [1.165, 1.54) is 17.3 Å². The number of rotatable bonds is 8. The van der Waals surface area contributed by atoms with E-state index in [0.29, 0.717) is 18.9 Å². The van der Waals surface area contributed by atoms with Gasteiger partial charge in [-0.3, -0.25) is 4.79 Å². The third-order valence-corrected chi connectivity index (χ3v) is 5.49. The Hall–Kier alpha value is -1.99. The van der Waals surface area contributed by atoms with Crippen molar-refractivity contribution in [3.05, 3.63) is 41.2 Å². The smallest absolute Gasteiger partial charge is 0.230 e.